The van der Waals surface area contributed by atoms with E-state index in [-0.39, 0.29) is 6.10 Å². The SMILES string of the molecule is CC(C)Oc1c(Cl)cc(C2=NCCN2)cc1Cl. The van der Waals surface area contributed by atoms with Gasteiger partial charge in [0.1, 0.15) is 5.84 Å². The second kappa shape index (κ2) is 5.15. The van der Waals surface area contributed by atoms with Crippen molar-refractivity contribution in [3.8, 4) is 5.75 Å². The molecule has 5 heteroatoms. The summed E-state index contributed by atoms with van der Waals surface area (Å²) in [6.45, 7) is 5.51. The average molecular weight is 273 g/mol. The van der Waals surface area contributed by atoms with Crippen molar-refractivity contribution in [1.82, 2.24) is 5.32 Å². The molecule has 0 bridgehead atoms. The van der Waals surface area contributed by atoms with Gasteiger partial charge in [0.05, 0.1) is 22.7 Å². The number of halogens is 2. The van der Waals surface area contributed by atoms with Gasteiger partial charge < -0.3 is 10.1 Å². The third-order valence-electron chi connectivity index (χ3n) is 2.30. The topological polar surface area (TPSA) is 33.6 Å². The lowest BCUT2D eigenvalue weighted by molar-refractivity contribution is 0.243. The molecule has 0 amide bonds. The molecule has 3 nitrogen and oxygen atoms in total. The van der Waals surface area contributed by atoms with Crippen LogP contribution in [0.3, 0.4) is 0 Å². The first-order valence-corrected chi connectivity index (χ1v) is 6.28. The van der Waals surface area contributed by atoms with Crippen LogP contribution in [0.25, 0.3) is 0 Å². The van der Waals surface area contributed by atoms with E-state index in [1.807, 2.05) is 26.0 Å². The largest absolute Gasteiger partial charge is 0.488 e. The van der Waals surface area contributed by atoms with E-state index < -0.39 is 0 Å². The Kier molecular flexibility index (Phi) is 3.79. The van der Waals surface area contributed by atoms with Crippen LogP contribution in [0.1, 0.15) is 19.4 Å². The van der Waals surface area contributed by atoms with Gasteiger partial charge in [0, 0.05) is 12.1 Å². The standard InChI is InChI=1S/C12H14Cl2N2O/c1-7(2)17-11-9(13)5-8(6-10(11)14)12-15-3-4-16-12/h5-7H,3-4H2,1-2H3,(H,15,16). The predicted molar refractivity (Wildman–Crippen MR) is 71.6 cm³/mol. The monoisotopic (exact) mass is 272 g/mol. The van der Waals surface area contributed by atoms with Crippen LogP contribution in [-0.2, 0) is 0 Å². The van der Waals surface area contributed by atoms with Crippen LogP contribution in [0.15, 0.2) is 17.1 Å². The molecular weight excluding hydrogens is 259 g/mol. The summed E-state index contributed by atoms with van der Waals surface area (Å²) in [5.74, 6) is 1.37. The van der Waals surface area contributed by atoms with Gasteiger partial charge in [-0.3, -0.25) is 4.99 Å². The van der Waals surface area contributed by atoms with Gasteiger partial charge in [-0.15, -0.1) is 0 Å². The number of nitrogens with zero attached hydrogens (tertiary/aromatic N) is 1. The highest BCUT2D eigenvalue weighted by molar-refractivity contribution is 6.37. The fourth-order valence-electron chi connectivity index (χ4n) is 1.64. The summed E-state index contributed by atoms with van der Waals surface area (Å²) >= 11 is 12.3. The second-order valence-corrected chi connectivity index (χ2v) is 4.91. The Morgan fingerprint density at radius 1 is 1.29 bits per heavy atom. The Morgan fingerprint density at radius 2 is 1.94 bits per heavy atom. The summed E-state index contributed by atoms with van der Waals surface area (Å²) in [5.41, 5.74) is 0.897. The highest BCUT2D eigenvalue weighted by Crippen LogP contribution is 2.35. The number of benzene rings is 1. The minimum atomic E-state index is 0.0396. The minimum Gasteiger partial charge on any atom is -0.488 e. The zero-order valence-electron chi connectivity index (χ0n) is 9.76. The Hall–Kier alpha value is -0.930. The van der Waals surface area contributed by atoms with Gasteiger partial charge in [-0.25, -0.2) is 0 Å². The molecule has 1 aromatic carbocycles. The van der Waals surface area contributed by atoms with E-state index in [1.165, 1.54) is 0 Å². The summed E-state index contributed by atoms with van der Waals surface area (Å²) in [4.78, 5) is 4.33. The van der Waals surface area contributed by atoms with Crippen LogP contribution >= 0.6 is 23.2 Å². The minimum absolute atomic E-state index is 0.0396. The van der Waals surface area contributed by atoms with Crippen molar-refractivity contribution in [1.29, 1.82) is 0 Å². The van der Waals surface area contributed by atoms with Crippen LogP contribution in [0.2, 0.25) is 10.0 Å². The van der Waals surface area contributed by atoms with E-state index in [1.54, 1.807) is 0 Å². The molecule has 0 atom stereocenters. The summed E-state index contributed by atoms with van der Waals surface area (Å²) in [5, 5.41) is 4.20. The molecule has 1 aromatic rings. The Morgan fingerprint density at radius 3 is 2.41 bits per heavy atom. The van der Waals surface area contributed by atoms with Gasteiger partial charge in [0.25, 0.3) is 0 Å². The molecule has 1 aliphatic heterocycles. The van der Waals surface area contributed by atoms with Crippen LogP contribution in [0, 0.1) is 0 Å². The van der Waals surface area contributed by atoms with E-state index in [0.717, 1.165) is 24.5 Å². The highest BCUT2D eigenvalue weighted by Gasteiger charge is 2.15. The van der Waals surface area contributed by atoms with E-state index in [9.17, 15) is 0 Å². The van der Waals surface area contributed by atoms with Gasteiger partial charge in [-0.1, -0.05) is 23.2 Å². The molecule has 2 rings (SSSR count). The van der Waals surface area contributed by atoms with Gasteiger partial charge >= 0.3 is 0 Å². The Bertz CT molecular complexity index is 435. The third-order valence-corrected chi connectivity index (χ3v) is 2.86. The maximum atomic E-state index is 6.16. The maximum absolute atomic E-state index is 6.16. The lowest BCUT2D eigenvalue weighted by Crippen LogP contribution is -2.19. The molecule has 0 aliphatic carbocycles. The molecule has 0 fully saturated rings. The fraction of sp³-hybridized carbons (Fsp3) is 0.417. The van der Waals surface area contributed by atoms with Crippen molar-refractivity contribution in [3.05, 3.63) is 27.7 Å². The molecule has 17 heavy (non-hydrogen) atoms. The first kappa shape index (κ1) is 12.5. The van der Waals surface area contributed by atoms with Crippen molar-refractivity contribution in [2.75, 3.05) is 13.1 Å². The fourth-order valence-corrected chi connectivity index (χ4v) is 2.21. The van der Waals surface area contributed by atoms with Crippen LogP contribution < -0.4 is 10.1 Å². The lowest BCUT2D eigenvalue weighted by Gasteiger charge is -2.14. The normalized spacial score (nSPS) is 14.8. The zero-order chi connectivity index (χ0) is 12.4. The molecule has 1 aliphatic rings. The smallest absolute Gasteiger partial charge is 0.156 e. The van der Waals surface area contributed by atoms with Crippen molar-refractivity contribution in [3.63, 3.8) is 0 Å². The van der Waals surface area contributed by atoms with E-state index in [0.29, 0.717) is 15.8 Å². The average Bonchev–Trinajstić information content (AvgIpc) is 2.76. The molecule has 0 aromatic heterocycles. The molecule has 1 N–H and O–H groups in total. The molecule has 0 saturated heterocycles. The molecule has 1 heterocycles. The molecular formula is C12H14Cl2N2O. The summed E-state index contributed by atoms with van der Waals surface area (Å²) in [6.07, 6.45) is 0.0396. The lowest BCUT2D eigenvalue weighted by atomic mass is 10.2. The maximum Gasteiger partial charge on any atom is 0.156 e. The second-order valence-electron chi connectivity index (χ2n) is 4.09. The molecule has 92 valence electrons. The van der Waals surface area contributed by atoms with E-state index >= 15 is 0 Å². The molecule has 0 saturated carbocycles. The van der Waals surface area contributed by atoms with Crippen molar-refractivity contribution >= 4 is 29.0 Å². The number of rotatable bonds is 3. The van der Waals surface area contributed by atoms with E-state index in [4.69, 9.17) is 27.9 Å². The van der Waals surface area contributed by atoms with E-state index in [2.05, 4.69) is 10.3 Å². The van der Waals surface area contributed by atoms with Gasteiger partial charge in [0.2, 0.25) is 0 Å². The van der Waals surface area contributed by atoms with Crippen molar-refractivity contribution < 1.29 is 4.74 Å². The van der Waals surface area contributed by atoms with Crippen molar-refractivity contribution in [2.45, 2.75) is 20.0 Å². The Labute approximate surface area is 111 Å². The van der Waals surface area contributed by atoms with Crippen LogP contribution in [0.5, 0.6) is 5.75 Å². The Balaban J connectivity index is 2.34. The van der Waals surface area contributed by atoms with Crippen LogP contribution in [-0.4, -0.2) is 25.0 Å². The predicted octanol–water partition coefficient (Wildman–Crippen LogP) is 3.13. The summed E-state index contributed by atoms with van der Waals surface area (Å²) in [7, 11) is 0. The number of hydrogen-bond acceptors (Lipinski definition) is 3. The third kappa shape index (κ3) is 2.85. The van der Waals surface area contributed by atoms with Gasteiger partial charge in [-0.2, -0.15) is 0 Å². The molecule has 0 spiro atoms. The molecule has 0 radical (unpaired) electrons. The number of nitrogens with one attached hydrogen (secondary N) is 1. The quantitative estimate of drug-likeness (QED) is 0.917. The summed E-state index contributed by atoms with van der Waals surface area (Å²) in [6, 6.07) is 3.64. The highest BCUT2D eigenvalue weighted by atomic mass is 35.5. The number of hydrogen-bond donors (Lipinski definition) is 1. The molecule has 0 unspecified atom stereocenters. The van der Waals surface area contributed by atoms with Crippen molar-refractivity contribution in [2.24, 2.45) is 4.99 Å². The zero-order valence-corrected chi connectivity index (χ0v) is 11.3. The number of amidine groups is 1. The first-order valence-electron chi connectivity index (χ1n) is 5.52. The van der Waals surface area contributed by atoms with Crippen LogP contribution in [0.4, 0.5) is 0 Å². The number of ether oxygens (including phenoxy) is 1. The van der Waals surface area contributed by atoms with Gasteiger partial charge in [-0.05, 0) is 26.0 Å². The van der Waals surface area contributed by atoms with Gasteiger partial charge in [0.15, 0.2) is 5.75 Å². The number of aliphatic imine (C=N–C) groups is 1. The summed E-state index contributed by atoms with van der Waals surface area (Å²) < 4.78 is 5.57. The first-order chi connectivity index (χ1) is 8.08.